The second-order valence-corrected chi connectivity index (χ2v) is 6.30. The van der Waals surface area contributed by atoms with Crippen molar-refractivity contribution in [1.82, 2.24) is 20.5 Å². The van der Waals surface area contributed by atoms with Gasteiger partial charge in [-0.05, 0) is 42.0 Å². The normalized spacial score (nSPS) is 15.6. The van der Waals surface area contributed by atoms with Crippen molar-refractivity contribution < 1.29 is 23.9 Å². The summed E-state index contributed by atoms with van der Waals surface area (Å²) in [5.74, 6) is -1.11. The molecule has 1 aromatic carbocycles. The Hall–Kier alpha value is -3.46. The van der Waals surface area contributed by atoms with Gasteiger partial charge >= 0.3 is 11.8 Å². The molecule has 9 nitrogen and oxygen atoms in total. The SMILES string of the molecule is COc1ccc(C(=O)N2CCOC2CNC(=O)C(=O)NCc2ccncc2)cc1. The summed E-state index contributed by atoms with van der Waals surface area (Å²) in [6, 6.07) is 10.2. The molecule has 1 fully saturated rings. The van der Waals surface area contributed by atoms with Gasteiger partial charge in [0.1, 0.15) is 12.0 Å². The number of hydrogen-bond acceptors (Lipinski definition) is 6. The van der Waals surface area contributed by atoms with Gasteiger partial charge in [0.2, 0.25) is 0 Å². The third-order valence-corrected chi connectivity index (χ3v) is 4.43. The number of carbonyl (C=O) groups excluding carboxylic acids is 3. The van der Waals surface area contributed by atoms with Crippen LogP contribution in [0.1, 0.15) is 15.9 Å². The lowest BCUT2D eigenvalue weighted by molar-refractivity contribution is -0.139. The van der Waals surface area contributed by atoms with E-state index in [1.54, 1.807) is 55.9 Å². The summed E-state index contributed by atoms with van der Waals surface area (Å²) >= 11 is 0. The van der Waals surface area contributed by atoms with Gasteiger partial charge in [-0.3, -0.25) is 19.4 Å². The monoisotopic (exact) mass is 398 g/mol. The molecule has 0 aliphatic carbocycles. The van der Waals surface area contributed by atoms with Crippen LogP contribution >= 0.6 is 0 Å². The molecule has 0 radical (unpaired) electrons. The molecule has 1 unspecified atom stereocenters. The average molecular weight is 398 g/mol. The maximum atomic E-state index is 12.7. The first-order chi connectivity index (χ1) is 14.1. The smallest absolute Gasteiger partial charge is 0.309 e. The molecule has 3 rings (SSSR count). The number of carbonyl (C=O) groups is 3. The molecule has 1 aliphatic heterocycles. The van der Waals surface area contributed by atoms with Gasteiger partial charge in [-0.1, -0.05) is 0 Å². The highest BCUT2D eigenvalue weighted by molar-refractivity contribution is 6.35. The molecule has 2 N–H and O–H groups in total. The third kappa shape index (κ3) is 5.29. The topological polar surface area (TPSA) is 110 Å². The fraction of sp³-hybridized carbons (Fsp3) is 0.300. The van der Waals surface area contributed by atoms with E-state index in [1.807, 2.05) is 0 Å². The molecule has 0 spiro atoms. The molecule has 152 valence electrons. The second kappa shape index (κ2) is 9.65. The zero-order valence-electron chi connectivity index (χ0n) is 16.0. The average Bonchev–Trinajstić information content (AvgIpc) is 3.24. The van der Waals surface area contributed by atoms with Crippen LogP contribution in [-0.4, -0.2) is 60.6 Å². The van der Waals surface area contributed by atoms with E-state index in [9.17, 15) is 14.4 Å². The zero-order chi connectivity index (χ0) is 20.6. The number of hydrogen-bond donors (Lipinski definition) is 2. The Kier molecular flexibility index (Phi) is 6.75. The quantitative estimate of drug-likeness (QED) is 0.679. The van der Waals surface area contributed by atoms with E-state index in [-0.39, 0.29) is 19.0 Å². The second-order valence-electron chi connectivity index (χ2n) is 6.30. The van der Waals surface area contributed by atoms with Gasteiger partial charge in [-0.15, -0.1) is 0 Å². The van der Waals surface area contributed by atoms with E-state index in [0.717, 1.165) is 5.56 Å². The molecule has 2 heterocycles. The van der Waals surface area contributed by atoms with Crippen molar-refractivity contribution in [3.63, 3.8) is 0 Å². The largest absolute Gasteiger partial charge is 0.497 e. The number of amides is 3. The van der Waals surface area contributed by atoms with Crippen LogP contribution in [0.4, 0.5) is 0 Å². The lowest BCUT2D eigenvalue weighted by atomic mass is 10.2. The van der Waals surface area contributed by atoms with E-state index in [1.165, 1.54) is 4.90 Å². The van der Waals surface area contributed by atoms with Crippen LogP contribution in [0.25, 0.3) is 0 Å². The van der Waals surface area contributed by atoms with Crippen LogP contribution in [-0.2, 0) is 20.9 Å². The Morgan fingerprint density at radius 1 is 1.10 bits per heavy atom. The number of aromatic nitrogens is 1. The van der Waals surface area contributed by atoms with Gasteiger partial charge in [-0.25, -0.2) is 0 Å². The summed E-state index contributed by atoms with van der Waals surface area (Å²) < 4.78 is 10.6. The van der Waals surface area contributed by atoms with Gasteiger partial charge in [0.05, 0.1) is 20.3 Å². The third-order valence-electron chi connectivity index (χ3n) is 4.43. The fourth-order valence-corrected chi connectivity index (χ4v) is 2.85. The van der Waals surface area contributed by atoms with Gasteiger partial charge in [-0.2, -0.15) is 0 Å². The number of pyridine rings is 1. The van der Waals surface area contributed by atoms with E-state index >= 15 is 0 Å². The molecule has 1 saturated heterocycles. The molecule has 1 aliphatic rings. The van der Waals surface area contributed by atoms with Crippen LogP contribution in [0, 0.1) is 0 Å². The maximum absolute atomic E-state index is 12.7. The van der Waals surface area contributed by atoms with Gasteiger partial charge in [0.25, 0.3) is 5.91 Å². The molecule has 1 atom stereocenters. The van der Waals surface area contributed by atoms with Gasteiger partial charge < -0.3 is 25.0 Å². The molecule has 29 heavy (non-hydrogen) atoms. The Bertz CT molecular complexity index is 857. The van der Waals surface area contributed by atoms with Crippen molar-refractivity contribution in [3.05, 3.63) is 59.9 Å². The number of nitrogens with one attached hydrogen (secondary N) is 2. The first kappa shape index (κ1) is 20.3. The zero-order valence-corrected chi connectivity index (χ0v) is 16.0. The molecule has 2 aromatic rings. The van der Waals surface area contributed by atoms with Crippen molar-refractivity contribution in [3.8, 4) is 5.75 Å². The van der Waals surface area contributed by atoms with Crippen LogP contribution in [0.5, 0.6) is 5.75 Å². The Labute approximate surface area is 168 Å². The predicted molar refractivity (Wildman–Crippen MR) is 103 cm³/mol. The standard InChI is InChI=1S/C20H22N4O5/c1-28-16-4-2-15(3-5-16)20(27)24-10-11-29-17(24)13-23-19(26)18(25)22-12-14-6-8-21-9-7-14/h2-9,17H,10-13H2,1H3,(H,22,25)(H,23,26). The highest BCUT2D eigenvalue weighted by Gasteiger charge is 2.31. The molecular formula is C20H22N4O5. The molecule has 1 aromatic heterocycles. The van der Waals surface area contributed by atoms with Gasteiger partial charge in [0, 0.05) is 31.0 Å². The summed E-state index contributed by atoms with van der Waals surface area (Å²) in [4.78, 5) is 42.1. The fourth-order valence-electron chi connectivity index (χ4n) is 2.85. The van der Waals surface area contributed by atoms with Crippen LogP contribution < -0.4 is 15.4 Å². The van der Waals surface area contributed by atoms with Crippen molar-refractivity contribution in [2.45, 2.75) is 12.8 Å². The lowest BCUT2D eigenvalue weighted by Crippen LogP contribution is -2.47. The molecule has 0 bridgehead atoms. The van der Waals surface area contributed by atoms with Crippen molar-refractivity contribution in [2.24, 2.45) is 0 Å². The summed E-state index contributed by atoms with van der Waals surface area (Å²) in [7, 11) is 1.55. The minimum atomic E-state index is -0.786. The van der Waals surface area contributed by atoms with Crippen molar-refractivity contribution in [2.75, 3.05) is 26.8 Å². The number of nitrogens with zero attached hydrogens (tertiary/aromatic N) is 2. The molecule has 3 amide bonds. The van der Waals surface area contributed by atoms with E-state index < -0.39 is 18.0 Å². The summed E-state index contributed by atoms with van der Waals surface area (Å²) in [6.07, 6.45) is 2.57. The summed E-state index contributed by atoms with van der Waals surface area (Å²) in [5, 5.41) is 5.05. The Morgan fingerprint density at radius 2 is 1.79 bits per heavy atom. The van der Waals surface area contributed by atoms with E-state index in [2.05, 4.69) is 15.6 Å². The Morgan fingerprint density at radius 3 is 2.48 bits per heavy atom. The minimum absolute atomic E-state index is 0.0173. The van der Waals surface area contributed by atoms with Crippen LogP contribution in [0.2, 0.25) is 0 Å². The van der Waals surface area contributed by atoms with E-state index in [4.69, 9.17) is 9.47 Å². The number of benzene rings is 1. The van der Waals surface area contributed by atoms with Crippen LogP contribution in [0.15, 0.2) is 48.8 Å². The maximum Gasteiger partial charge on any atom is 0.309 e. The minimum Gasteiger partial charge on any atom is -0.497 e. The lowest BCUT2D eigenvalue weighted by Gasteiger charge is -2.23. The van der Waals surface area contributed by atoms with Crippen LogP contribution in [0.3, 0.4) is 0 Å². The first-order valence-electron chi connectivity index (χ1n) is 9.10. The first-order valence-corrected chi connectivity index (χ1v) is 9.10. The molecular weight excluding hydrogens is 376 g/mol. The summed E-state index contributed by atoms with van der Waals surface area (Å²) in [5.41, 5.74) is 1.32. The Balaban J connectivity index is 1.50. The number of methoxy groups -OCH3 is 1. The molecule has 9 heteroatoms. The van der Waals surface area contributed by atoms with Crippen molar-refractivity contribution in [1.29, 1.82) is 0 Å². The van der Waals surface area contributed by atoms with Crippen molar-refractivity contribution >= 4 is 17.7 Å². The van der Waals surface area contributed by atoms with Gasteiger partial charge in [0.15, 0.2) is 0 Å². The number of ether oxygens (including phenoxy) is 2. The predicted octanol–water partition coefficient (Wildman–Crippen LogP) is 0.321. The molecule has 0 saturated carbocycles. The highest BCUT2D eigenvalue weighted by atomic mass is 16.5. The number of rotatable bonds is 6. The highest BCUT2D eigenvalue weighted by Crippen LogP contribution is 2.17. The van der Waals surface area contributed by atoms with E-state index in [0.29, 0.717) is 24.5 Å². The summed E-state index contributed by atoms with van der Waals surface area (Å²) in [6.45, 7) is 0.997.